The van der Waals surface area contributed by atoms with Crippen LogP contribution in [0.4, 0.5) is 0 Å². The second kappa shape index (κ2) is 6.59. The van der Waals surface area contributed by atoms with Crippen molar-refractivity contribution in [2.24, 2.45) is 11.5 Å². The van der Waals surface area contributed by atoms with E-state index in [0.717, 1.165) is 17.9 Å². The Balaban J connectivity index is 3.00. The minimum Gasteiger partial charge on any atom is -0.494 e. The first-order valence-corrected chi connectivity index (χ1v) is 5.94. The summed E-state index contributed by atoms with van der Waals surface area (Å²) < 4.78 is 5.57. The predicted octanol–water partition coefficient (Wildman–Crippen LogP) is 1.11. The minimum absolute atomic E-state index is 0.168. The van der Waals surface area contributed by atoms with Gasteiger partial charge in [0.05, 0.1) is 6.61 Å². The van der Waals surface area contributed by atoms with Crippen molar-refractivity contribution in [1.29, 1.82) is 0 Å². The summed E-state index contributed by atoms with van der Waals surface area (Å²) in [5, 5.41) is 0. The van der Waals surface area contributed by atoms with Crippen LogP contribution in [0.25, 0.3) is 0 Å². The largest absolute Gasteiger partial charge is 0.494 e. The van der Waals surface area contributed by atoms with Gasteiger partial charge in [-0.05, 0) is 38.7 Å². The molecule has 1 rings (SSSR count). The summed E-state index contributed by atoms with van der Waals surface area (Å²) in [7, 11) is 4.08. The fraction of sp³-hybridized carbons (Fsp3) is 0.538. The van der Waals surface area contributed by atoms with Crippen LogP contribution in [-0.4, -0.2) is 32.1 Å². The van der Waals surface area contributed by atoms with E-state index in [1.165, 1.54) is 5.56 Å². The number of hydrogen-bond donors (Lipinski definition) is 2. The van der Waals surface area contributed by atoms with Crippen LogP contribution in [0.3, 0.4) is 0 Å². The van der Waals surface area contributed by atoms with Crippen molar-refractivity contribution in [3.63, 3.8) is 0 Å². The van der Waals surface area contributed by atoms with E-state index >= 15 is 0 Å². The zero-order valence-corrected chi connectivity index (χ0v) is 10.9. The van der Waals surface area contributed by atoms with Crippen molar-refractivity contribution in [1.82, 2.24) is 4.90 Å². The molecule has 0 aliphatic carbocycles. The van der Waals surface area contributed by atoms with Crippen molar-refractivity contribution < 1.29 is 4.74 Å². The fourth-order valence-electron chi connectivity index (χ4n) is 1.77. The van der Waals surface area contributed by atoms with Crippen LogP contribution >= 0.6 is 0 Å². The molecule has 1 atom stereocenters. The van der Waals surface area contributed by atoms with E-state index in [1.54, 1.807) is 0 Å². The summed E-state index contributed by atoms with van der Waals surface area (Å²) in [6.45, 7) is 3.91. The van der Waals surface area contributed by atoms with Gasteiger partial charge in [0.15, 0.2) is 0 Å². The third-order valence-corrected chi connectivity index (χ3v) is 2.53. The van der Waals surface area contributed by atoms with Gasteiger partial charge in [0.1, 0.15) is 5.75 Å². The standard InChI is InChI=1S/C13H23N3O/c1-4-17-13-6-5-10(9-16(2)3)7-11(13)12(15)8-14/h5-7,12H,4,8-9,14-15H2,1-3H3/t12-/m0/s1. The molecule has 0 heterocycles. The molecule has 0 unspecified atom stereocenters. The van der Waals surface area contributed by atoms with Crippen molar-refractivity contribution in [2.45, 2.75) is 19.5 Å². The van der Waals surface area contributed by atoms with Crippen molar-refractivity contribution in [3.8, 4) is 5.75 Å². The molecule has 1 aromatic carbocycles. The molecule has 0 aromatic heterocycles. The van der Waals surface area contributed by atoms with Crippen LogP contribution in [0.5, 0.6) is 5.75 Å². The normalized spacial score (nSPS) is 12.8. The van der Waals surface area contributed by atoms with Crippen molar-refractivity contribution in [3.05, 3.63) is 29.3 Å². The molecule has 0 bridgehead atoms. The highest BCUT2D eigenvalue weighted by Crippen LogP contribution is 2.25. The molecule has 4 nitrogen and oxygen atoms in total. The van der Waals surface area contributed by atoms with E-state index in [1.807, 2.05) is 27.1 Å². The van der Waals surface area contributed by atoms with Gasteiger partial charge in [0, 0.05) is 24.7 Å². The fourth-order valence-corrected chi connectivity index (χ4v) is 1.77. The van der Waals surface area contributed by atoms with Crippen molar-refractivity contribution in [2.75, 3.05) is 27.2 Å². The Labute approximate surface area is 104 Å². The van der Waals surface area contributed by atoms with Gasteiger partial charge < -0.3 is 21.1 Å². The molecule has 17 heavy (non-hydrogen) atoms. The Morgan fingerprint density at radius 1 is 1.35 bits per heavy atom. The second-order valence-electron chi connectivity index (χ2n) is 4.39. The molecule has 0 radical (unpaired) electrons. The van der Waals surface area contributed by atoms with Crippen molar-refractivity contribution >= 4 is 0 Å². The van der Waals surface area contributed by atoms with E-state index in [0.29, 0.717) is 13.2 Å². The molecule has 0 aliphatic heterocycles. The minimum atomic E-state index is -0.168. The van der Waals surface area contributed by atoms with Crippen LogP contribution < -0.4 is 16.2 Å². The maximum atomic E-state index is 6.01. The first-order valence-electron chi connectivity index (χ1n) is 5.94. The molecule has 1 aromatic rings. The number of nitrogens with two attached hydrogens (primary N) is 2. The van der Waals surface area contributed by atoms with Crippen LogP contribution in [0.2, 0.25) is 0 Å². The Morgan fingerprint density at radius 3 is 2.59 bits per heavy atom. The summed E-state index contributed by atoms with van der Waals surface area (Å²) in [5.74, 6) is 0.841. The second-order valence-corrected chi connectivity index (χ2v) is 4.39. The Morgan fingerprint density at radius 2 is 2.06 bits per heavy atom. The molecule has 0 aliphatic rings. The Hall–Kier alpha value is -1.10. The van der Waals surface area contributed by atoms with Gasteiger partial charge in [-0.1, -0.05) is 6.07 Å². The zero-order valence-electron chi connectivity index (χ0n) is 10.9. The van der Waals surface area contributed by atoms with Crippen LogP contribution in [0.1, 0.15) is 24.1 Å². The molecule has 0 amide bonds. The third kappa shape index (κ3) is 4.00. The van der Waals surface area contributed by atoms with Gasteiger partial charge in [0.25, 0.3) is 0 Å². The highest BCUT2D eigenvalue weighted by atomic mass is 16.5. The van der Waals surface area contributed by atoms with Gasteiger partial charge in [-0.3, -0.25) is 0 Å². The number of hydrogen-bond acceptors (Lipinski definition) is 4. The number of benzene rings is 1. The molecule has 0 fully saturated rings. The molecular formula is C13H23N3O. The van der Waals surface area contributed by atoms with E-state index in [-0.39, 0.29) is 6.04 Å². The molecule has 0 saturated carbocycles. The molecular weight excluding hydrogens is 214 g/mol. The summed E-state index contributed by atoms with van der Waals surface area (Å²) in [6.07, 6.45) is 0. The maximum Gasteiger partial charge on any atom is 0.124 e. The van der Waals surface area contributed by atoms with Crippen LogP contribution in [-0.2, 0) is 6.54 Å². The lowest BCUT2D eigenvalue weighted by atomic mass is 10.0. The van der Waals surface area contributed by atoms with Gasteiger partial charge in [-0.25, -0.2) is 0 Å². The first kappa shape index (κ1) is 14.0. The Bertz CT molecular complexity index is 353. The quantitative estimate of drug-likeness (QED) is 0.778. The SMILES string of the molecule is CCOc1ccc(CN(C)C)cc1[C@@H](N)CN. The summed E-state index contributed by atoms with van der Waals surface area (Å²) >= 11 is 0. The topological polar surface area (TPSA) is 64.5 Å². The van der Waals surface area contributed by atoms with Gasteiger partial charge in [0.2, 0.25) is 0 Å². The lowest BCUT2D eigenvalue weighted by Gasteiger charge is -2.18. The van der Waals surface area contributed by atoms with E-state index < -0.39 is 0 Å². The highest BCUT2D eigenvalue weighted by molar-refractivity contribution is 5.39. The maximum absolute atomic E-state index is 6.01. The first-order chi connectivity index (χ1) is 8.08. The van der Waals surface area contributed by atoms with Gasteiger partial charge >= 0.3 is 0 Å². The Kier molecular flexibility index (Phi) is 5.41. The average molecular weight is 237 g/mol. The van der Waals surface area contributed by atoms with E-state index in [2.05, 4.69) is 17.0 Å². The molecule has 0 spiro atoms. The third-order valence-electron chi connectivity index (χ3n) is 2.53. The summed E-state index contributed by atoms with van der Waals surface area (Å²) in [6, 6.07) is 5.96. The summed E-state index contributed by atoms with van der Waals surface area (Å²) in [4.78, 5) is 2.12. The number of nitrogens with zero attached hydrogens (tertiary/aromatic N) is 1. The highest BCUT2D eigenvalue weighted by Gasteiger charge is 2.11. The predicted molar refractivity (Wildman–Crippen MR) is 71.0 cm³/mol. The smallest absolute Gasteiger partial charge is 0.124 e. The monoisotopic (exact) mass is 237 g/mol. The van der Waals surface area contributed by atoms with Crippen LogP contribution in [0, 0.1) is 0 Å². The molecule has 0 saturated heterocycles. The van der Waals surface area contributed by atoms with E-state index in [9.17, 15) is 0 Å². The summed E-state index contributed by atoms with van der Waals surface area (Å²) in [5.41, 5.74) is 13.8. The number of ether oxygens (including phenoxy) is 1. The van der Waals surface area contributed by atoms with Gasteiger partial charge in [-0.15, -0.1) is 0 Å². The zero-order chi connectivity index (χ0) is 12.8. The molecule has 4 heteroatoms. The lowest BCUT2D eigenvalue weighted by molar-refractivity contribution is 0.333. The van der Waals surface area contributed by atoms with Gasteiger partial charge in [-0.2, -0.15) is 0 Å². The van der Waals surface area contributed by atoms with Crippen LogP contribution in [0.15, 0.2) is 18.2 Å². The average Bonchev–Trinajstić information content (AvgIpc) is 2.29. The number of rotatable bonds is 6. The lowest BCUT2D eigenvalue weighted by Crippen LogP contribution is -2.22. The van der Waals surface area contributed by atoms with E-state index in [4.69, 9.17) is 16.2 Å². The molecule has 4 N–H and O–H groups in total. The molecule has 96 valence electrons.